The summed E-state index contributed by atoms with van der Waals surface area (Å²) in [5.74, 6) is -0.169. The number of hydrogen-bond donors (Lipinski definition) is 2. The Morgan fingerprint density at radius 1 is 0.857 bits per heavy atom. The van der Waals surface area contributed by atoms with Gasteiger partial charge in [0, 0.05) is 21.8 Å². The quantitative estimate of drug-likeness (QED) is 0.628. The molecule has 0 aliphatic heterocycles. The van der Waals surface area contributed by atoms with E-state index in [9.17, 15) is 9.59 Å². The Kier molecular flexibility index (Phi) is 5.96. The second-order valence-electron chi connectivity index (χ2n) is 6.20. The molecule has 0 saturated heterocycles. The lowest BCUT2D eigenvalue weighted by molar-refractivity contribution is 0.102. The summed E-state index contributed by atoms with van der Waals surface area (Å²) in [6, 6.07) is 18.9. The minimum absolute atomic E-state index is 0.291. The maximum absolute atomic E-state index is 12.6. The number of anilines is 2. The summed E-state index contributed by atoms with van der Waals surface area (Å²) in [6.07, 6.45) is 0. The molecule has 6 heteroatoms. The van der Waals surface area contributed by atoms with Gasteiger partial charge in [0.05, 0.1) is 12.8 Å². The van der Waals surface area contributed by atoms with Gasteiger partial charge in [0.2, 0.25) is 0 Å². The van der Waals surface area contributed by atoms with Crippen molar-refractivity contribution in [2.24, 2.45) is 0 Å². The predicted molar refractivity (Wildman–Crippen MR) is 112 cm³/mol. The second kappa shape index (κ2) is 8.59. The van der Waals surface area contributed by atoms with Crippen molar-refractivity contribution in [3.05, 3.63) is 88.4 Å². The van der Waals surface area contributed by atoms with E-state index in [1.54, 1.807) is 36.4 Å². The smallest absolute Gasteiger partial charge is 0.255 e. The molecule has 0 bridgehead atoms. The summed E-state index contributed by atoms with van der Waals surface area (Å²) in [6.45, 7) is 1.95. The van der Waals surface area contributed by atoms with Crippen LogP contribution in [-0.4, -0.2) is 18.9 Å². The average molecular weight is 395 g/mol. The number of ether oxygens (including phenoxy) is 1. The topological polar surface area (TPSA) is 67.4 Å². The number of carbonyl (C=O) groups excluding carboxylic acids is 2. The summed E-state index contributed by atoms with van der Waals surface area (Å²) in [5, 5.41) is 6.07. The number of aryl methyl sites for hydroxylation is 1. The molecule has 0 unspecified atom stereocenters. The van der Waals surface area contributed by atoms with E-state index in [-0.39, 0.29) is 11.8 Å². The van der Waals surface area contributed by atoms with Gasteiger partial charge in [-0.25, -0.2) is 0 Å². The predicted octanol–water partition coefficient (Wildman–Crippen LogP) is 5.16. The number of amides is 2. The number of methoxy groups -OCH3 is 1. The standard InChI is InChI=1S/C22H19ClN2O3/c1-14-5-3-8-18(11-14)24-21(26)15-6-4-7-16(12-15)22(27)25-19-13-17(23)9-10-20(19)28-2/h3-13H,1-2H3,(H,24,26)(H,25,27). The molecule has 0 aromatic heterocycles. The summed E-state index contributed by atoms with van der Waals surface area (Å²) in [7, 11) is 1.51. The van der Waals surface area contributed by atoms with Crippen LogP contribution in [-0.2, 0) is 0 Å². The van der Waals surface area contributed by atoms with Crippen LogP contribution in [0.4, 0.5) is 11.4 Å². The molecule has 2 amide bonds. The molecule has 0 saturated carbocycles. The number of carbonyl (C=O) groups is 2. The van der Waals surface area contributed by atoms with Crippen LogP contribution in [0.3, 0.4) is 0 Å². The third-order valence-corrected chi connectivity index (χ3v) is 4.31. The van der Waals surface area contributed by atoms with Crippen molar-refractivity contribution in [3.8, 4) is 5.75 Å². The molecule has 3 rings (SSSR count). The molecule has 3 aromatic rings. The Hall–Kier alpha value is -3.31. The van der Waals surface area contributed by atoms with Gasteiger partial charge in [-0.2, -0.15) is 0 Å². The first-order valence-corrected chi connectivity index (χ1v) is 8.97. The molecule has 0 fully saturated rings. The van der Waals surface area contributed by atoms with Crippen molar-refractivity contribution in [3.63, 3.8) is 0 Å². The van der Waals surface area contributed by atoms with Gasteiger partial charge in [-0.15, -0.1) is 0 Å². The summed E-state index contributed by atoms with van der Waals surface area (Å²) in [5.41, 5.74) is 2.92. The first-order valence-electron chi connectivity index (χ1n) is 8.59. The van der Waals surface area contributed by atoms with Crippen molar-refractivity contribution in [1.82, 2.24) is 0 Å². The number of halogens is 1. The number of nitrogens with one attached hydrogen (secondary N) is 2. The summed E-state index contributed by atoms with van der Waals surface area (Å²) < 4.78 is 5.24. The van der Waals surface area contributed by atoms with Crippen molar-refractivity contribution in [1.29, 1.82) is 0 Å². The van der Waals surface area contributed by atoms with Crippen molar-refractivity contribution in [2.45, 2.75) is 6.92 Å². The monoisotopic (exact) mass is 394 g/mol. The molecule has 0 spiro atoms. The highest BCUT2D eigenvalue weighted by atomic mass is 35.5. The van der Waals surface area contributed by atoms with E-state index in [4.69, 9.17) is 16.3 Å². The molecule has 0 atom stereocenters. The molecule has 28 heavy (non-hydrogen) atoms. The Morgan fingerprint density at radius 3 is 2.21 bits per heavy atom. The molecule has 0 aliphatic rings. The molecule has 142 valence electrons. The number of benzene rings is 3. The van der Waals surface area contributed by atoms with Gasteiger partial charge >= 0.3 is 0 Å². The zero-order chi connectivity index (χ0) is 20.1. The van der Waals surface area contributed by atoms with Crippen LogP contribution in [0, 0.1) is 6.92 Å². The Balaban J connectivity index is 1.78. The van der Waals surface area contributed by atoms with Crippen molar-refractivity contribution < 1.29 is 14.3 Å². The van der Waals surface area contributed by atoms with Crippen LogP contribution in [0.1, 0.15) is 26.3 Å². The maximum atomic E-state index is 12.6. The van der Waals surface area contributed by atoms with Crippen LogP contribution in [0.2, 0.25) is 5.02 Å². The fraction of sp³-hybridized carbons (Fsp3) is 0.0909. The fourth-order valence-electron chi connectivity index (χ4n) is 2.70. The Labute approximate surface area is 168 Å². The van der Waals surface area contributed by atoms with Crippen LogP contribution < -0.4 is 15.4 Å². The molecule has 3 aromatic carbocycles. The normalized spacial score (nSPS) is 10.2. The van der Waals surface area contributed by atoms with E-state index in [0.717, 1.165) is 5.56 Å². The van der Waals surface area contributed by atoms with Gasteiger partial charge < -0.3 is 15.4 Å². The molecule has 0 aliphatic carbocycles. The summed E-state index contributed by atoms with van der Waals surface area (Å²) in [4.78, 5) is 25.2. The molecular formula is C22H19ClN2O3. The summed E-state index contributed by atoms with van der Waals surface area (Å²) >= 11 is 6.00. The number of hydrogen-bond acceptors (Lipinski definition) is 3. The average Bonchev–Trinajstić information content (AvgIpc) is 2.68. The van der Waals surface area contributed by atoms with Gasteiger partial charge in [0.25, 0.3) is 11.8 Å². The molecule has 5 nitrogen and oxygen atoms in total. The van der Waals surface area contributed by atoms with E-state index in [2.05, 4.69) is 10.6 Å². The van der Waals surface area contributed by atoms with Gasteiger partial charge in [-0.05, 0) is 61.0 Å². The second-order valence-corrected chi connectivity index (χ2v) is 6.64. The van der Waals surface area contributed by atoms with Crippen LogP contribution in [0.25, 0.3) is 0 Å². The fourth-order valence-corrected chi connectivity index (χ4v) is 2.87. The van der Waals surface area contributed by atoms with E-state index in [1.807, 2.05) is 31.2 Å². The highest BCUT2D eigenvalue weighted by Crippen LogP contribution is 2.28. The van der Waals surface area contributed by atoms with Crippen molar-refractivity contribution >= 4 is 34.8 Å². The molecule has 0 radical (unpaired) electrons. The molecule has 2 N–H and O–H groups in total. The van der Waals surface area contributed by atoms with E-state index in [1.165, 1.54) is 13.2 Å². The Bertz CT molecular complexity index is 1030. The van der Waals surface area contributed by atoms with Gasteiger partial charge in [-0.1, -0.05) is 29.8 Å². The Morgan fingerprint density at radius 2 is 1.54 bits per heavy atom. The van der Waals surface area contributed by atoms with Crippen LogP contribution in [0.15, 0.2) is 66.7 Å². The highest BCUT2D eigenvalue weighted by molar-refractivity contribution is 6.31. The van der Waals surface area contributed by atoms with Gasteiger partial charge in [0.1, 0.15) is 5.75 Å². The number of rotatable bonds is 5. The molecule has 0 heterocycles. The third kappa shape index (κ3) is 4.69. The van der Waals surface area contributed by atoms with Crippen molar-refractivity contribution in [2.75, 3.05) is 17.7 Å². The first-order chi connectivity index (χ1) is 13.5. The maximum Gasteiger partial charge on any atom is 0.255 e. The third-order valence-electron chi connectivity index (χ3n) is 4.07. The largest absolute Gasteiger partial charge is 0.495 e. The van der Waals surface area contributed by atoms with Crippen LogP contribution >= 0.6 is 11.6 Å². The lowest BCUT2D eigenvalue weighted by Gasteiger charge is -2.11. The van der Waals surface area contributed by atoms with E-state index in [0.29, 0.717) is 33.3 Å². The van der Waals surface area contributed by atoms with E-state index >= 15 is 0 Å². The zero-order valence-corrected chi connectivity index (χ0v) is 16.2. The van der Waals surface area contributed by atoms with Gasteiger partial charge in [-0.3, -0.25) is 9.59 Å². The van der Waals surface area contributed by atoms with Gasteiger partial charge in [0.15, 0.2) is 0 Å². The van der Waals surface area contributed by atoms with Crippen LogP contribution in [0.5, 0.6) is 5.75 Å². The SMILES string of the molecule is COc1ccc(Cl)cc1NC(=O)c1cccc(C(=O)Nc2cccc(C)c2)c1. The lowest BCUT2D eigenvalue weighted by atomic mass is 10.1. The highest BCUT2D eigenvalue weighted by Gasteiger charge is 2.13. The zero-order valence-electron chi connectivity index (χ0n) is 15.5. The lowest BCUT2D eigenvalue weighted by Crippen LogP contribution is -2.16. The first kappa shape index (κ1) is 19.5. The van der Waals surface area contributed by atoms with E-state index < -0.39 is 0 Å². The minimum Gasteiger partial charge on any atom is -0.495 e. The molecular weight excluding hydrogens is 376 g/mol. The minimum atomic E-state index is -0.370.